The van der Waals surface area contributed by atoms with Gasteiger partial charge in [-0.3, -0.25) is 4.90 Å². The molecule has 0 aliphatic carbocycles. The maximum atomic E-state index is 9.47. The van der Waals surface area contributed by atoms with E-state index in [0.717, 1.165) is 29.9 Å². The summed E-state index contributed by atoms with van der Waals surface area (Å²) in [6.45, 7) is 4.51. The second-order valence-electron chi connectivity index (χ2n) is 5.10. The predicted octanol–water partition coefficient (Wildman–Crippen LogP) is 2.82. The van der Waals surface area contributed by atoms with Crippen LogP contribution in [0.25, 0.3) is 11.0 Å². The molecule has 0 amide bonds. The van der Waals surface area contributed by atoms with Crippen LogP contribution >= 0.6 is 0 Å². The fourth-order valence-electron chi connectivity index (χ4n) is 2.69. The van der Waals surface area contributed by atoms with E-state index in [0.29, 0.717) is 6.04 Å². The Bertz CT molecular complexity index is 543. The number of imidazole rings is 1. The summed E-state index contributed by atoms with van der Waals surface area (Å²) in [4.78, 5) is 10.4. The molecule has 0 bridgehead atoms. The Morgan fingerprint density at radius 3 is 2.83 bits per heavy atom. The topological polar surface area (TPSA) is 52.2 Å². The van der Waals surface area contributed by atoms with E-state index in [-0.39, 0.29) is 5.75 Å². The highest BCUT2D eigenvalue weighted by Gasteiger charge is 2.20. The van der Waals surface area contributed by atoms with Gasteiger partial charge in [0.05, 0.1) is 17.1 Å². The molecule has 2 heterocycles. The average Bonchev–Trinajstić information content (AvgIpc) is 2.81. The normalized spacial score (nSPS) is 19.2. The fraction of sp³-hybridized carbons (Fsp3) is 0.500. The van der Waals surface area contributed by atoms with E-state index in [1.807, 2.05) is 6.07 Å². The maximum Gasteiger partial charge on any atom is 0.124 e. The van der Waals surface area contributed by atoms with Gasteiger partial charge in [-0.15, -0.1) is 0 Å². The zero-order valence-electron chi connectivity index (χ0n) is 10.7. The van der Waals surface area contributed by atoms with Crippen molar-refractivity contribution in [3.63, 3.8) is 0 Å². The molecule has 1 aromatic carbocycles. The zero-order chi connectivity index (χ0) is 12.5. The molecule has 96 valence electrons. The molecule has 1 unspecified atom stereocenters. The molecule has 1 fully saturated rings. The van der Waals surface area contributed by atoms with Gasteiger partial charge in [0.15, 0.2) is 0 Å². The lowest BCUT2D eigenvalue weighted by molar-refractivity contribution is 0.169. The summed E-state index contributed by atoms with van der Waals surface area (Å²) in [7, 11) is 0. The van der Waals surface area contributed by atoms with Gasteiger partial charge in [-0.1, -0.05) is 6.42 Å². The first-order chi connectivity index (χ1) is 8.74. The number of aromatic amines is 1. The van der Waals surface area contributed by atoms with Crippen molar-refractivity contribution in [3.05, 3.63) is 24.0 Å². The number of aromatic hydroxyl groups is 1. The van der Waals surface area contributed by atoms with Crippen molar-refractivity contribution < 1.29 is 5.11 Å². The van der Waals surface area contributed by atoms with Crippen LogP contribution in [-0.4, -0.2) is 33.1 Å². The van der Waals surface area contributed by atoms with Crippen LogP contribution in [0, 0.1) is 0 Å². The molecule has 4 heteroatoms. The van der Waals surface area contributed by atoms with E-state index in [4.69, 9.17) is 0 Å². The van der Waals surface area contributed by atoms with Crippen molar-refractivity contribution in [2.24, 2.45) is 0 Å². The second-order valence-corrected chi connectivity index (χ2v) is 5.10. The first-order valence-electron chi connectivity index (χ1n) is 6.67. The van der Waals surface area contributed by atoms with Gasteiger partial charge in [-0.05, 0) is 45.0 Å². The van der Waals surface area contributed by atoms with Crippen molar-refractivity contribution in [2.75, 3.05) is 13.1 Å². The molecule has 2 N–H and O–H groups in total. The molecule has 0 spiro atoms. The van der Waals surface area contributed by atoms with Gasteiger partial charge >= 0.3 is 0 Å². The molecule has 3 rings (SSSR count). The van der Waals surface area contributed by atoms with Gasteiger partial charge in [-0.25, -0.2) is 4.98 Å². The van der Waals surface area contributed by atoms with Gasteiger partial charge in [0, 0.05) is 6.07 Å². The number of hydrogen-bond donors (Lipinski definition) is 2. The van der Waals surface area contributed by atoms with Crippen molar-refractivity contribution >= 4 is 11.0 Å². The highest BCUT2D eigenvalue weighted by atomic mass is 16.3. The van der Waals surface area contributed by atoms with E-state index in [2.05, 4.69) is 21.8 Å². The standard InChI is InChI=1S/C14H19N3O/c1-10(17-7-3-2-4-8-17)14-15-12-6-5-11(18)9-13(12)16-14/h5-6,9-10,18H,2-4,7-8H2,1H3,(H,15,16). The number of phenolic OH excluding ortho intramolecular Hbond substituents is 1. The van der Waals surface area contributed by atoms with Gasteiger partial charge in [-0.2, -0.15) is 0 Å². The Morgan fingerprint density at radius 1 is 1.28 bits per heavy atom. The number of benzene rings is 1. The number of rotatable bonds is 2. The predicted molar refractivity (Wildman–Crippen MR) is 71.6 cm³/mol. The molecule has 1 aromatic heterocycles. The molecule has 0 radical (unpaired) electrons. The molecular formula is C14H19N3O. The van der Waals surface area contributed by atoms with E-state index in [1.54, 1.807) is 12.1 Å². The average molecular weight is 245 g/mol. The summed E-state index contributed by atoms with van der Waals surface area (Å²) >= 11 is 0. The number of nitrogens with one attached hydrogen (secondary N) is 1. The monoisotopic (exact) mass is 245 g/mol. The lowest BCUT2D eigenvalue weighted by Gasteiger charge is -2.31. The fourth-order valence-corrected chi connectivity index (χ4v) is 2.69. The smallest absolute Gasteiger partial charge is 0.124 e. The Balaban J connectivity index is 1.88. The van der Waals surface area contributed by atoms with Gasteiger partial charge in [0.25, 0.3) is 0 Å². The third-order valence-corrected chi connectivity index (χ3v) is 3.82. The van der Waals surface area contributed by atoms with Crippen LogP contribution in [0.3, 0.4) is 0 Å². The number of likely N-dealkylation sites (tertiary alicyclic amines) is 1. The zero-order valence-corrected chi connectivity index (χ0v) is 10.7. The van der Waals surface area contributed by atoms with E-state index >= 15 is 0 Å². The van der Waals surface area contributed by atoms with Crippen LogP contribution in [0.4, 0.5) is 0 Å². The first-order valence-corrected chi connectivity index (χ1v) is 6.67. The van der Waals surface area contributed by atoms with E-state index in [9.17, 15) is 5.11 Å². The SMILES string of the molecule is CC(c1nc2ccc(O)cc2[nH]1)N1CCCCC1. The highest BCUT2D eigenvalue weighted by Crippen LogP contribution is 2.25. The number of fused-ring (bicyclic) bond motifs is 1. The number of H-pyrrole nitrogens is 1. The largest absolute Gasteiger partial charge is 0.508 e. The van der Waals surface area contributed by atoms with Crippen molar-refractivity contribution in [2.45, 2.75) is 32.2 Å². The minimum absolute atomic E-state index is 0.281. The molecule has 18 heavy (non-hydrogen) atoms. The number of aromatic nitrogens is 2. The number of nitrogens with zero attached hydrogens (tertiary/aromatic N) is 2. The summed E-state index contributed by atoms with van der Waals surface area (Å²) in [6.07, 6.45) is 3.91. The number of phenols is 1. The molecule has 4 nitrogen and oxygen atoms in total. The number of hydrogen-bond acceptors (Lipinski definition) is 3. The van der Waals surface area contributed by atoms with Crippen LogP contribution in [0.2, 0.25) is 0 Å². The van der Waals surface area contributed by atoms with E-state index in [1.165, 1.54) is 19.3 Å². The minimum atomic E-state index is 0.281. The van der Waals surface area contributed by atoms with Crippen LogP contribution in [0.15, 0.2) is 18.2 Å². The molecule has 1 aliphatic rings. The number of piperidine rings is 1. The molecule has 1 aliphatic heterocycles. The summed E-state index contributed by atoms with van der Waals surface area (Å²) in [5.74, 6) is 1.28. The van der Waals surface area contributed by atoms with E-state index < -0.39 is 0 Å². The molecule has 1 atom stereocenters. The molecule has 1 saturated heterocycles. The van der Waals surface area contributed by atoms with Crippen molar-refractivity contribution in [3.8, 4) is 5.75 Å². The Labute approximate surface area is 107 Å². The lowest BCUT2D eigenvalue weighted by atomic mass is 10.1. The first kappa shape index (κ1) is 11.5. The lowest BCUT2D eigenvalue weighted by Crippen LogP contribution is -2.32. The third kappa shape index (κ3) is 2.08. The van der Waals surface area contributed by atoms with Crippen LogP contribution in [0.1, 0.15) is 38.1 Å². The molecular weight excluding hydrogens is 226 g/mol. The van der Waals surface area contributed by atoms with Crippen molar-refractivity contribution in [1.29, 1.82) is 0 Å². The van der Waals surface area contributed by atoms with Crippen LogP contribution in [-0.2, 0) is 0 Å². The maximum absolute atomic E-state index is 9.47. The second kappa shape index (κ2) is 4.61. The summed E-state index contributed by atoms with van der Waals surface area (Å²) in [5.41, 5.74) is 1.83. The minimum Gasteiger partial charge on any atom is -0.508 e. The molecule has 2 aromatic rings. The van der Waals surface area contributed by atoms with Gasteiger partial charge in [0.2, 0.25) is 0 Å². The Hall–Kier alpha value is -1.55. The summed E-state index contributed by atoms with van der Waals surface area (Å²) in [6, 6.07) is 5.58. The molecule has 0 saturated carbocycles. The highest BCUT2D eigenvalue weighted by molar-refractivity contribution is 5.76. The quantitative estimate of drug-likeness (QED) is 0.855. The Morgan fingerprint density at radius 2 is 2.06 bits per heavy atom. The van der Waals surface area contributed by atoms with Crippen LogP contribution < -0.4 is 0 Å². The van der Waals surface area contributed by atoms with Gasteiger partial charge in [0.1, 0.15) is 11.6 Å². The van der Waals surface area contributed by atoms with Crippen LogP contribution in [0.5, 0.6) is 5.75 Å². The van der Waals surface area contributed by atoms with Gasteiger partial charge < -0.3 is 10.1 Å². The summed E-state index contributed by atoms with van der Waals surface area (Å²) < 4.78 is 0. The Kier molecular flexibility index (Phi) is 2.96. The summed E-state index contributed by atoms with van der Waals surface area (Å²) in [5, 5.41) is 9.47. The third-order valence-electron chi connectivity index (χ3n) is 3.82. The van der Waals surface area contributed by atoms with Crippen molar-refractivity contribution in [1.82, 2.24) is 14.9 Å².